The van der Waals surface area contributed by atoms with E-state index >= 15 is 0 Å². The molecule has 0 unspecified atom stereocenters. The van der Waals surface area contributed by atoms with Crippen molar-refractivity contribution in [2.75, 3.05) is 18.7 Å². The summed E-state index contributed by atoms with van der Waals surface area (Å²) < 4.78 is 45.2. The molecule has 8 heteroatoms. The van der Waals surface area contributed by atoms with Crippen LogP contribution >= 0.6 is 0 Å². The minimum atomic E-state index is -4.45. The van der Waals surface area contributed by atoms with Crippen molar-refractivity contribution in [3.63, 3.8) is 0 Å². The third kappa shape index (κ3) is 3.37. The first kappa shape index (κ1) is 17.8. The van der Waals surface area contributed by atoms with E-state index in [9.17, 15) is 18.0 Å². The molecule has 2 aromatic heterocycles. The number of halogens is 3. The molecule has 2 heterocycles. The van der Waals surface area contributed by atoms with E-state index in [4.69, 9.17) is 4.74 Å². The molecule has 0 aliphatic heterocycles. The fourth-order valence-corrected chi connectivity index (χ4v) is 2.50. The predicted molar refractivity (Wildman–Crippen MR) is 82.9 cm³/mol. The Labute approximate surface area is 137 Å². The molecule has 2 aromatic rings. The summed E-state index contributed by atoms with van der Waals surface area (Å²) in [4.78, 5) is 15.9. The highest BCUT2D eigenvalue weighted by molar-refractivity contribution is 5.91. The average Bonchev–Trinajstić information content (AvgIpc) is 2.81. The Morgan fingerprint density at radius 2 is 2.00 bits per heavy atom. The molecule has 0 bridgehead atoms. The molecule has 24 heavy (non-hydrogen) atoms. The molecule has 0 radical (unpaired) electrons. The van der Waals surface area contributed by atoms with Gasteiger partial charge in [-0.05, 0) is 39.0 Å². The number of hydrogen-bond donors (Lipinski definition) is 0. The van der Waals surface area contributed by atoms with Crippen molar-refractivity contribution in [2.24, 2.45) is 0 Å². The second-order valence-corrected chi connectivity index (χ2v) is 5.24. The summed E-state index contributed by atoms with van der Waals surface area (Å²) in [5.74, 6) is -0.357. The number of nitrogens with zero attached hydrogens (tertiary/aromatic N) is 3. The van der Waals surface area contributed by atoms with Gasteiger partial charge < -0.3 is 4.74 Å². The van der Waals surface area contributed by atoms with Crippen molar-refractivity contribution in [1.82, 2.24) is 9.66 Å². The molecule has 0 atom stereocenters. The average molecular weight is 341 g/mol. The SMILES string of the molecule is CCOC(=O)c1cc(C)n(N(C)c2cc(C(F)(F)F)ccn2)c1C. The number of ether oxygens (including phenoxy) is 1. The summed E-state index contributed by atoms with van der Waals surface area (Å²) in [7, 11) is 1.58. The largest absolute Gasteiger partial charge is 0.462 e. The lowest BCUT2D eigenvalue weighted by atomic mass is 10.2. The lowest BCUT2D eigenvalue weighted by Gasteiger charge is -2.24. The van der Waals surface area contributed by atoms with Crippen molar-refractivity contribution in [2.45, 2.75) is 26.9 Å². The fourth-order valence-electron chi connectivity index (χ4n) is 2.50. The van der Waals surface area contributed by atoms with Crippen molar-refractivity contribution in [3.8, 4) is 0 Å². The molecule has 2 rings (SSSR count). The standard InChI is InChI=1S/C16H18F3N3O2/c1-5-24-15(23)13-8-10(2)22(11(13)3)21(4)14-9-12(6-7-20-14)16(17,18)19/h6-9H,5H2,1-4H3. The van der Waals surface area contributed by atoms with Crippen LogP contribution < -0.4 is 5.01 Å². The van der Waals surface area contributed by atoms with Crippen molar-refractivity contribution >= 4 is 11.8 Å². The number of rotatable bonds is 4. The molecule has 0 saturated heterocycles. The molecule has 0 N–H and O–H groups in total. The first-order valence-electron chi connectivity index (χ1n) is 7.30. The number of esters is 1. The maximum Gasteiger partial charge on any atom is 0.416 e. The molecule has 130 valence electrons. The normalized spacial score (nSPS) is 11.5. The maximum absolute atomic E-state index is 12.9. The number of carbonyl (C=O) groups excluding carboxylic acids is 1. The van der Waals surface area contributed by atoms with Crippen LogP contribution in [0.15, 0.2) is 24.4 Å². The van der Waals surface area contributed by atoms with Crippen LogP contribution in [0.3, 0.4) is 0 Å². The topological polar surface area (TPSA) is 47.4 Å². The Balaban J connectivity index is 2.44. The predicted octanol–water partition coefficient (Wildman–Crippen LogP) is 3.59. The third-order valence-electron chi connectivity index (χ3n) is 3.59. The Hall–Kier alpha value is -2.51. The van der Waals surface area contributed by atoms with E-state index in [-0.39, 0.29) is 12.4 Å². The van der Waals surface area contributed by atoms with Gasteiger partial charge in [0, 0.05) is 18.9 Å². The van der Waals surface area contributed by atoms with Gasteiger partial charge in [0.15, 0.2) is 0 Å². The van der Waals surface area contributed by atoms with Gasteiger partial charge in [0.05, 0.1) is 23.4 Å². The summed E-state index contributed by atoms with van der Waals surface area (Å²) >= 11 is 0. The number of anilines is 1. The summed E-state index contributed by atoms with van der Waals surface area (Å²) in [5, 5.41) is 1.46. The second-order valence-electron chi connectivity index (χ2n) is 5.24. The maximum atomic E-state index is 12.9. The number of carbonyl (C=O) groups is 1. The third-order valence-corrected chi connectivity index (χ3v) is 3.59. The van der Waals surface area contributed by atoms with Crippen LogP contribution in [-0.4, -0.2) is 29.3 Å². The van der Waals surface area contributed by atoms with E-state index in [1.807, 2.05) is 0 Å². The van der Waals surface area contributed by atoms with Crippen LogP contribution in [0.5, 0.6) is 0 Å². The summed E-state index contributed by atoms with van der Waals surface area (Å²) in [5.41, 5.74) is 0.825. The summed E-state index contributed by atoms with van der Waals surface area (Å²) in [6.45, 7) is 5.40. The first-order valence-corrected chi connectivity index (χ1v) is 7.30. The van der Waals surface area contributed by atoms with Gasteiger partial charge in [-0.25, -0.2) is 9.78 Å². The van der Waals surface area contributed by atoms with Gasteiger partial charge in [-0.15, -0.1) is 0 Å². The van der Waals surface area contributed by atoms with E-state index in [0.717, 1.165) is 18.3 Å². The number of alkyl halides is 3. The minimum absolute atomic E-state index is 0.113. The second kappa shape index (κ2) is 6.54. The number of pyridine rings is 1. The molecule has 0 fully saturated rings. The van der Waals surface area contributed by atoms with Crippen LogP contribution in [0.2, 0.25) is 0 Å². The summed E-state index contributed by atoms with van der Waals surface area (Å²) in [6.07, 6.45) is -3.34. The Bertz CT molecular complexity index is 754. The Morgan fingerprint density at radius 1 is 1.33 bits per heavy atom. The van der Waals surface area contributed by atoms with Gasteiger partial charge in [-0.2, -0.15) is 13.2 Å². The monoisotopic (exact) mass is 341 g/mol. The highest BCUT2D eigenvalue weighted by Gasteiger charge is 2.31. The van der Waals surface area contributed by atoms with E-state index in [0.29, 0.717) is 17.0 Å². The van der Waals surface area contributed by atoms with Gasteiger partial charge in [0.2, 0.25) is 0 Å². The smallest absolute Gasteiger partial charge is 0.416 e. The molecule has 0 aliphatic carbocycles. The van der Waals surface area contributed by atoms with Crippen LogP contribution in [0.4, 0.5) is 19.0 Å². The van der Waals surface area contributed by atoms with E-state index in [2.05, 4.69) is 4.98 Å². The highest BCUT2D eigenvalue weighted by atomic mass is 19.4. The van der Waals surface area contributed by atoms with Crippen molar-refractivity contribution in [3.05, 3.63) is 46.9 Å². The Morgan fingerprint density at radius 3 is 2.58 bits per heavy atom. The van der Waals surface area contributed by atoms with Gasteiger partial charge in [0.1, 0.15) is 5.82 Å². The quantitative estimate of drug-likeness (QED) is 0.798. The molecular weight excluding hydrogens is 323 g/mol. The van der Waals surface area contributed by atoms with Crippen LogP contribution in [-0.2, 0) is 10.9 Å². The molecule has 0 aliphatic rings. The molecular formula is C16H18F3N3O2. The number of aromatic nitrogens is 2. The zero-order valence-corrected chi connectivity index (χ0v) is 13.8. The molecule has 0 aromatic carbocycles. The van der Waals surface area contributed by atoms with Crippen LogP contribution in [0.1, 0.15) is 34.2 Å². The highest BCUT2D eigenvalue weighted by Crippen LogP contribution is 2.31. The minimum Gasteiger partial charge on any atom is -0.462 e. The van der Waals surface area contributed by atoms with Crippen LogP contribution in [0, 0.1) is 13.8 Å². The lowest BCUT2D eigenvalue weighted by molar-refractivity contribution is -0.137. The molecule has 0 amide bonds. The molecule has 0 saturated carbocycles. The fraction of sp³-hybridized carbons (Fsp3) is 0.375. The van der Waals surface area contributed by atoms with Gasteiger partial charge in [-0.1, -0.05) is 0 Å². The van der Waals surface area contributed by atoms with Crippen LogP contribution in [0.25, 0.3) is 0 Å². The van der Waals surface area contributed by atoms with Gasteiger partial charge >= 0.3 is 12.1 Å². The van der Waals surface area contributed by atoms with E-state index in [1.54, 1.807) is 38.6 Å². The first-order chi connectivity index (χ1) is 11.2. The van der Waals surface area contributed by atoms with Crippen molar-refractivity contribution < 1.29 is 22.7 Å². The van der Waals surface area contributed by atoms with Gasteiger partial charge in [-0.3, -0.25) is 9.69 Å². The number of hydrogen-bond acceptors (Lipinski definition) is 4. The van der Waals surface area contributed by atoms with Gasteiger partial charge in [0.25, 0.3) is 0 Å². The van der Waals surface area contributed by atoms with E-state index in [1.165, 1.54) is 5.01 Å². The zero-order chi connectivity index (χ0) is 18.1. The summed E-state index contributed by atoms with van der Waals surface area (Å²) in [6, 6.07) is 3.51. The number of aryl methyl sites for hydroxylation is 1. The van der Waals surface area contributed by atoms with Crippen molar-refractivity contribution in [1.29, 1.82) is 0 Å². The lowest BCUT2D eigenvalue weighted by Crippen LogP contribution is -2.28. The zero-order valence-electron chi connectivity index (χ0n) is 13.8. The molecule has 0 spiro atoms. The Kier molecular flexibility index (Phi) is 4.86. The molecule has 5 nitrogen and oxygen atoms in total. The van der Waals surface area contributed by atoms with E-state index < -0.39 is 17.7 Å².